The molecule has 0 aliphatic rings. The Morgan fingerprint density at radius 1 is 1.21 bits per heavy atom. The average Bonchev–Trinajstić information content (AvgIpc) is 2.33. The lowest BCUT2D eigenvalue weighted by Crippen LogP contribution is -2.39. The Morgan fingerprint density at radius 2 is 1.84 bits per heavy atom. The highest BCUT2D eigenvalue weighted by Gasteiger charge is 2.18. The molecule has 0 unspecified atom stereocenters. The van der Waals surface area contributed by atoms with Crippen molar-refractivity contribution in [3.63, 3.8) is 0 Å². The highest BCUT2D eigenvalue weighted by Crippen LogP contribution is 2.18. The molecule has 1 amide bonds. The molecule has 0 N–H and O–H groups in total. The maximum absolute atomic E-state index is 12.6. The molecule has 0 fully saturated rings. The molecule has 0 spiro atoms. The minimum absolute atomic E-state index is 0.100. The van der Waals surface area contributed by atoms with Crippen LogP contribution in [0.25, 0.3) is 0 Å². The Kier molecular flexibility index (Phi) is 6.52. The molecule has 3 nitrogen and oxygen atoms in total. The second-order valence-corrected chi connectivity index (χ2v) is 6.28. The van der Waals surface area contributed by atoms with Gasteiger partial charge in [-0.05, 0) is 48.1 Å². The van der Waals surface area contributed by atoms with Gasteiger partial charge in [-0.3, -0.25) is 4.79 Å². The number of carbonyl (C=O) groups is 1. The van der Waals surface area contributed by atoms with E-state index in [-0.39, 0.29) is 5.91 Å². The van der Waals surface area contributed by atoms with E-state index < -0.39 is 0 Å². The molecule has 0 bridgehead atoms. The smallest absolute Gasteiger partial charge is 0.255 e. The van der Waals surface area contributed by atoms with Crippen LogP contribution in [0.4, 0.5) is 0 Å². The van der Waals surface area contributed by atoms with E-state index in [2.05, 4.69) is 34.7 Å². The van der Waals surface area contributed by atoms with Crippen molar-refractivity contribution in [1.82, 2.24) is 9.80 Å². The molecular weight excluding hydrogens is 304 g/mol. The van der Waals surface area contributed by atoms with Gasteiger partial charge in [0.05, 0.1) is 5.56 Å². The number of likely N-dealkylation sites (N-methyl/N-ethyl adjacent to an activating group) is 1. The van der Waals surface area contributed by atoms with Crippen LogP contribution < -0.4 is 0 Å². The summed E-state index contributed by atoms with van der Waals surface area (Å²) in [7, 11) is 4.05. The summed E-state index contributed by atoms with van der Waals surface area (Å²) in [6, 6.07) is 7.60. The first kappa shape index (κ1) is 16.2. The zero-order valence-corrected chi connectivity index (χ0v) is 13.8. The maximum atomic E-state index is 12.6. The fourth-order valence-electron chi connectivity index (χ4n) is 1.84. The Bertz CT molecular complexity index is 418. The molecule has 0 heterocycles. The molecule has 0 saturated heterocycles. The SMILES string of the molecule is CC(C)CN(CCN(C)C)C(=O)c1ccccc1Br. The van der Waals surface area contributed by atoms with Gasteiger partial charge in [-0.25, -0.2) is 0 Å². The molecule has 4 heteroatoms. The lowest BCUT2D eigenvalue weighted by molar-refractivity contribution is 0.0724. The van der Waals surface area contributed by atoms with Gasteiger partial charge in [0.15, 0.2) is 0 Å². The third-order valence-electron chi connectivity index (χ3n) is 2.79. The van der Waals surface area contributed by atoms with Crippen molar-refractivity contribution in [3.8, 4) is 0 Å². The molecule has 0 radical (unpaired) electrons. The molecule has 0 aromatic heterocycles. The van der Waals surface area contributed by atoms with E-state index in [1.54, 1.807) is 0 Å². The summed E-state index contributed by atoms with van der Waals surface area (Å²) < 4.78 is 0.860. The number of hydrogen-bond donors (Lipinski definition) is 0. The van der Waals surface area contributed by atoms with E-state index in [1.807, 2.05) is 43.3 Å². The van der Waals surface area contributed by atoms with Crippen molar-refractivity contribution < 1.29 is 4.79 Å². The van der Waals surface area contributed by atoms with Crippen molar-refractivity contribution in [2.24, 2.45) is 5.92 Å². The molecule has 1 rings (SSSR count). The molecule has 0 aliphatic heterocycles. The molecule has 0 aliphatic carbocycles. The van der Waals surface area contributed by atoms with Gasteiger partial charge < -0.3 is 9.80 Å². The Balaban J connectivity index is 2.84. The summed E-state index contributed by atoms with van der Waals surface area (Å²) >= 11 is 3.45. The van der Waals surface area contributed by atoms with E-state index in [4.69, 9.17) is 0 Å². The van der Waals surface area contributed by atoms with Crippen LogP contribution in [0.3, 0.4) is 0 Å². The van der Waals surface area contributed by atoms with Crippen LogP contribution in [0.15, 0.2) is 28.7 Å². The van der Waals surface area contributed by atoms with Gasteiger partial charge in [-0.15, -0.1) is 0 Å². The van der Waals surface area contributed by atoms with Crippen molar-refractivity contribution in [1.29, 1.82) is 0 Å². The van der Waals surface area contributed by atoms with Gasteiger partial charge in [-0.2, -0.15) is 0 Å². The van der Waals surface area contributed by atoms with Gasteiger partial charge in [0, 0.05) is 24.1 Å². The molecular formula is C15H23BrN2O. The van der Waals surface area contributed by atoms with E-state index in [1.165, 1.54) is 0 Å². The second kappa shape index (κ2) is 7.65. The minimum Gasteiger partial charge on any atom is -0.337 e. The van der Waals surface area contributed by atoms with Gasteiger partial charge in [0.25, 0.3) is 5.91 Å². The number of benzene rings is 1. The summed E-state index contributed by atoms with van der Waals surface area (Å²) in [5, 5.41) is 0. The number of nitrogens with zero attached hydrogens (tertiary/aromatic N) is 2. The molecule has 1 aromatic rings. The molecule has 106 valence electrons. The van der Waals surface area contributed by atoms with Crippen LogP contribution in [0, 0.1) is 5.92 Å². The zero-order chi connectivity index (χ0) is 14.4. The van der Waals surface area contributed by atoms with Crippen molar-refractivity contribution >= 4 is 21.8 Å². The lowest BCUT2D eigenvalue weighted by atomic mass is 10.1. The van der Waals surface area contributed by atoms with Crippen LogP contribution >= 0.6 is 15.9 Å². The summed E-state index contributed by atoms with van der Waals surface area (Å²) in [6.07, 6.45) is 0. The standard InChI is InChI=1S/C15H23BrN2O/c1-12(2)11-18(10-9-17(3)4)15(19)13-7-5-6-8-14(13)16/h5-8,12H,9-11H2,1-4H3. The number of hydrogen-bond acceptors (Lipinski definition) is 2. The number of halogens is 1. The number of amides is 1. The summed E-state index contributed by atoms with van der Waals surface area (Å²) in [4.78, 5) is 16.6. The topological polar surface area (TPSA) is 23.6 Å². The zero-order valence-electron chi connectivity index (χ0n) is 12.2. The Morgan fingerprint density at radius 3 is 2.37 bits per heavy atom. The predicted molar refractivity (Wildman–Crippen MR) is 83.4 cm³/mol. The van der Waals surface area contributed by atoms with Gasteiger partial charge in [-0.1, -0.05) is 26.0 Å². The van der Waals surface area contributed by atoms with Crippen LogP contribution in [-0.2, 0) is 0 Å². The lowest BCUT2D eigenvalue weighted by Gasteiger charge is -2.26. The Labute approximate surface area is 124 Å². The van der Waals surface area contributed by atoms with Crippen molar-refractivity contribution in [2.75, 3.05) is 33.7 Å². The van der Waals surface area contributed by atoms with Crippen LogP contribution in [0.2, 0.25) is 0 Å². The number of carbonyl (C=O) groups excluding carboxylic acids is 1. The van der Waals surface area contributed by atoms with Gasteiger partial charge in [0.2, 0.25) is 0 Å². The third-order valence-corrected chi connectivity index (χ3v) is 3.49. The molecule has 1 aromatic carbocycles. The monoisotopic (exact) mass is 326 g/mol. The third kappa shape index (κ3) is 5.33. The average molecular weight is 327 g/mol. The van der Waals surface area contributed by atoms with Gasteiger partial charge in [0.1, 0.15) is 0 Å². The van der Waals surface area contributed by atoms with Gasteiger partial charge >= 0.3 is 0 Å². The highest BCUT2D eigenvalue weighted by atomic mass is 79.9. The first-order chi connectivity index (χ1) is 8.91. The summed E-state index contributed by atoms with van der Waals surface area (Å²) in [5.74, 6) is 0.566. The van der Waals surface area contributed by atoms with Crippen LogP contribution in [-0.4, -0.2) is 49.4 Å². The summed E-state index contributed by atoms with van der Waals surface area (Å²) in [5.41, 5.74) is 0.738. The maximum Gasteiger partial charge on any atom is 0.255 e. The largest absolute Gasteiger partial charge is 0.337 e. The molecule has 0 atom stereocenters. The van der Waals surface area contributed by atoms with E-state index in [0.717, 1.165) is 29.7 Å². The predicted octanol–water partition coefficient (Wildman–Crippen LogP) is 3.11. The molecule has 0 saturated carbocycles. The summed E-state index contributed by atoms with van der Waals surface area (Å²) in [6.45, 7) is 6.69. The highest BCUT2D eigenvalue weighted by molar-refractivity contribution is 9.10. The first-order valence-electron chi connectivity index (χ1n) is 6.60. The van der Waals surface area contributed by atoms with Crippen molar-refractivity contribution in [3.05, 3.63) is 34.3 Å². The minimum atomic E-state index is 0.100. The normalized spacial score (nSPS) is 11.1. The van der Waals surface area contributed by atoms with E-state index >= 15 is 0 Å². The fraction of sp³-hybridized carbons (Fsp3) is 0.533. The first-order valence-corrected chi connectivity index (χ1v) is 7.39. The molecule has 19 heavy (non-hydrogen) atoms. The van der Waals surface area contributed by atoms with Crippen molar-refractivity contribution in [2.45, 2.75) is 13.8 Å². The number of rotatable bonds is 6. The van der Waals surface area contributed by atoms with Crippen LogP contribution in [0.5, 0.6) is 0 Å². The van der Waals surface area contributed by atoms with Crippen LogP contribution in [0.1, 0.15) is 24.2 Å². The van der Waals surface area contributed by atoms with E-state index in [9.17, 15) is 4.79 Å². The Hall–Kier alpha value is -0.870. The fourth-order valence-corrected chi connectivity index (χ4v) is 2.30. The quantitative estimate of drug-likeness (QED) is 0.801. The second-order valence-electron chi connectivity index (χ2n) is 5.43. The van der Waals surface area contributed by atoms with E-state index in [0.29, 0.717) is 5.92 Å².